The lowest BCUT2D eigenvalue weighted by atomic mass is 10.0. The molecule has 0 saturated carbocycles. The average molecular weight is 278 g/mol. The number of carbonyl (C=O) groups excluding carboxylic acids is 1. The lowest BCUT2D eigenvalue weighted by Gasteiger charge is -2.27. The monoisotopic (exact) mass is 278 g/mol. The van der Waals surface area contributed by atoms with E-state index < -0.39 is 0 Å². The molecule has 1 amide bonds. The predicted octanol–water partition coefficient (Wildman–Crippen LogP) is 2.73. The number of para-hydroxylation sites is 1. The number of carbonyl (C=O) groups is 1. The molecule has 2 atom stereocenters. The fraction of sp³-hybridized carbons (Fsp3) is 0.562. The van der Waals surface area contributed by atoms with E-state index in [1.807, 2.05) is 38.2 Å². The quantitative estimate of drug-likeness (QED) is 0.834. The highest BCUT2D eigenvalue weighted by atomic mass is 16.5. The Balaban J connectivity index is 2.75. The summed E-state index contributed by atoms with van der Waals surface area (Å²) in [6, 6.07) is 7.68. The van der Waals surface area contributed by atoms with Crippen molar-refractivity contribution in [3.05, 3.63) is 29.8 Å². The highest BCUT2D eigenvalue weighted by Gasteiger charge is 2.21. The molecule has 0 fully saturated rings. The van der Waals surface area contributed by atoms with Crippen LogP contribution >= 0.6 is 0 Å². The van der Waals surface area contributed by atoms with Crippen molar-refractivity contribution < 1.29 is 9.53 Å². The van der Waals surface area contributed by atoms with Crippen molar-refractivity contribution in [3.8, 4) is 5.75 Å². The second-order valence-corrected chi connectivity index (χ2v) is 5.18. The van der Waals surface area contributed by atoms with Crippen molar-refractivity contribution in [2.45, 2.75) is 45.2 Å². The number of methoxy groups -OCH3 is 1. The lowest BCUT2D eigenvalue weighted by Crippen LogP contribution is -2.35. The summed E-state index contributed by atoms with van der Waals surface area (Å²) in [5.41, 5.74) is 6.95. The third-order valence-electron chi connectivity index (χ3n) is 3.66. The van der Waals surface area contributed by atoms with Crippen molar-refractivity contribution in [3.63, 3.8) is 0 Å². The summed E-state index contributed by atoms with van der Waals surface area (Å²) in [5, 5.41) is 0. The normalized spacial score (nSPS) is 13.7. The molecule has 0 aliphatic heterocycles. The van der Waals surface area contributed by atoms with E-state index in [2.05, 4.69) is 6.92 Å². The van der Waals surface area contributed by atoms with Gasteiger partial charge >= 0.3 is 0 Å². The maximum absolute atomic E-state index is 12.2. The number of hydrogen-bond donors (Lipinski definition) is 1. The second kappa shape index (κ2) is 7.90. The Morgan fingerprint density at radius 2 is 2.05 bits per heavy atom. The number of benzene rings is 1. The van der Waals surface area contributed by atoms with Gasteiger partial charge in [0.15, 0.2) is 0 Å². The lowest BCUT2D eigenvalue weighted by molar-refractivity contribution is -0.132. The third kappa shape index (κ3) is 4.23. The zero-order chi connectivity index (χ0) is 15.1. The molecule has 0 bridgehead atoms. The smallest absolute Gasteiger partial charge is 0.224 e. The molecule has 1 aromatic carbocycles. The van der Waals surface area contributed by atoms with Gasteiger partial charge in [0.25, 0.3) is 0 Å². The topological polar surface area (TPSA) is 55.6 Å². The molecule has 1 rings (SSSR count). The Bertz CT molecular complexity index is 434. The maximum atomic E-state index is 12.2. The number of rotatable bonds is 7. The molecule has 0 heterocycles. The SMILES string of the molecule is CCCC(N)CC(=O)N(C)C(C)c1ccccc1OC. The number of ether oxygens (including phenoxy) is 1. The average Bonchev–Trinajstić information content (AvgIpc) is 2.45. The van der Waals surface area contributed by atoms with Gasteiger partial charge in [-0.25, -0.2) is 0 Å². The molecule has 2 N–H and O–H groups in total. The van der Waals surface area contributed by atoms with Gasteiger partial charge < -0.3 is 15.4 Å². The van der Waals surface area contributed by atoms with Crippen LogP contribution in [0.25, 0.3) is 0 Å². The largest absolute Gasteiger partial charge is 0.496 e. The van der Waals surface area contributed by atoms with Crippen LogP contribution in [0.15, 0.2) is 24.3 Å². The molecule has 4 heteroatoms. The van der Waals surface area contributed by atoms with Crippen LogP contribution in [0.2, 0.25) is 0 Å². The van der Waals surface area contributed by atoms with Crippen LogP contribution in [0.4, 0.5) is 0 Å². The maximum Gasteiger partial charge on any atom is 0.224 e. The molecular weight excluding hydrogens is 252 g/mol. The van der Waals surface area contributed by atoms with Crippen molar-refractivity contribution in [1.82, 2.24) is 4.90 Å². The van der Waals surface area contributed by atoms with E-state index in [4.69, 9.17) is 10.5 Å². The van der Waals surface area contributed by atoms with Gasteiger partial charge in [0.05, 0.1) is 13.2 Å². The van der Waals surface area contributed by atoms with Gasteiger partial charge in [-0.2, -0.15) is 0 Å². The van der Waals surface area contributed by atoms with Crippen LogP contribution in [0, 0.1) is 0 Å². The second-order valence-electron chi connectivity index (χ2n) is 5.18. The minimum atomic E-state index is -0.0557. The summed E-state index contributed by atoms with van der Waals surface area (Å²) in [4.78, 5) is 14.0. The zero-order valence-electron chi connectivity index (χ0n) is 12.9. The molecule has 0 aliphatic rings. The first-order chi connectivity index (χ1) is 9.51. The van der Waals surface area contributed by atoms with E-state index in [0.717, 1.165) is 24.2 Å². The van der Waals surface area contributed by atoms with E-state index in [9.17, 15) is 4.79 Å². The molecule has 0 aliphatic carbocycles. The molecule has 112 valence electrons. The van der Waals surface area contributed by atoms with Gasteiger partial charge in [0.1, 0.15) is 5.75 Å². The highest BCUT2D eigenvalue weighted by molar-refractivity contribution is 5.77. The molecule has 0 saturated heterocycles. The van der Waals surface area contributed by atoms with Crippen LogP contribution in [-0.2, 0) is 4.79 Å². The molecular formula is C16H26N2O2. The number of hydrogen-bond acceptors (Lipinski definition) is 3. The first-order valence-electron chi connectivity index (χ1n) is 7.15. The van der Waals surface area contributed by atoms with Crippen LogP contribution in [0.3, 0.4) is 0 Å². The minimum absolute atomic E-state index is 0.0347. The van der Waals surface area contributed by atoms with E-state index in [-0.39, 0.29) is 18.0 Å². The summed E-state index contributed by atoms with van der Waals surface area (Å²) in [6.45, 7) is 4.08. The Morgan fingerprint density at radius 3 is 2.65 bits per heavy atom. The fourth-order valence-electron chi connectivity index (χ4n) is 2.28. The van der Waals surface area contributed by atoms with Gasteiger partial charge in [-0.3, -0.25) is 4.79 Å². The number of nitrogens with two attached hydrogens (primary N) is 1. The van der Waals surface area contributed by atoms with E-state index >= 15 is 0 Å². The molecule has 0 spiro atoms. The molecule has 2 unspecified atom stereocenters. The molecule has 1 aromatic rings. The fourth-order valence-corrected chi connectivity index (χ4v) is 2.28. The Kier molecular flexibility index (Phi) is 6.52. The Labute approximate surface area is 121 Å². The van der Waals surface area contributed by atoms with Gasteiger partial charge in [0, 0.05) is 25.1 Å². The van der Waals surface area contributed by atoms with Gasteiger partial charge in [0.2, 0.25) is 5.91 Å². The standard InChI is InChI=1S/C16H26N2O2/c1-5-8-13(17)11-16(19)18(3)12(2)14-9-6-7-10-15(14)20-4/h6-7,9-10,12-13H,5,8,11,17H2,1-4H3. The number of amides is 1. The van der Waals surface area contributed by atoms with Crippen molar-refractivity contribution >= 4 is 5.91 Å². The zero-order valence-corrected chi connectivity index (χ0v) is 12.9. The van der Waals surface area contributed by atoms with Crippen molar-refractivity contribution in [2.24, 2.45) is 5.73 Å². The summed E-state index contributed by atoms with van der Waals surface area (Å²) in [7, 11) is 3.46. The third-order valence-corrected chi connectivity index (χ3v) is 3.66. The van der Waals surface area contributed by atoms with Crippen LogP contribution < -0.4 is 10.5 Å². The van der Waals surface area contributed by atoms with E-state index in [1.54, 1.807) is 12.0 Å². The van der Waals surface area contributed by atoms with Gasteiger partial charge in [-0.15, -0.1) is 0 Å². The highest BCUT2D eigenvalue weighted by Crippen LogP contribution is 2.28. The summed E-state index contributed by atoms with van der Waals surface area (Å²) in [6.07, 6.45) is 2.27. The first kappa shape index (κ1) is 16.5. The Morgan fingerprint density at radius 1 is 1.40 bits per heavy atom. The number of nitrogens with zero attached hydrogens (tertiary/aromatic N) is 1. The van der Waals surface area contributed by atoms with Crippen LogP contribution in [0.1, 0.15) is 44.7 Å². The summed E-state index contributed by atoms with van der Waals surface area (Å²) < 4.78 is 5.35. The van der Waals surface area contributed by atoms with Crippen molar-refractivity contribution in [1.29, 1.82) is 0 Å². The predicted molar refractivity (Wildman–Crippen MR) is 81.7 cm³/mol. The van der Waals surface area contributed by atoms with Crippen LogP contribution in [0.5, 0.6) is 5.75 Å². The van der Waals surface area contributed by atoms with E-state index in [0.29, 0.717) is 6.42 Å². The molecule has 0 radical (unpaired) electrons. The molecule has 0 aromatic heterocycles. The van der Waals surface area contributed by atoms with Crippen molar-refractivity contribution in [2.75, 3.05) is 14.2 Å². The Hall–Kier alpha value is -1.55. The summed E-state index contributed by atoms with van der Waals surface area (Å²) in [5.74, 6) is 0.877. The molecule has 4 nitrogen and oxygen atoms in total. The van der Waals surface area contributed by atoms with Gasteiger partial charge in [-0.05, 0) is 19.4 Å². The van der Waals surface area contributed by atoms with Crippen LogP contribution in [-0.4, -0.2) is 31.0 Å². The first-order valence-corrected chi connectivity index (χ1v) is 7.15. The summed E-state index contributed by atoms with van der Waals surface area (Å²) >= 11 is 0. The van der Waals surface area contributed by atoms with E-state index in [1.165, 1.54) is 0 Å². The van der Waals surface area contributed by atoms with Gasteiger partial charge in [-0.1, -0.05) is 31.5 Å². The minimum Gasteiger partial charge on any atom is -0.496 e. The molecule has 20 heavy (non-hydrogen) atoms.